The van der Waals surface area contributed by atoms with Crippen LogP contribution in [0.25, 0.3) is 0 Å². The Morgan fingerprint density at radius 3 is 1.73 bits per heavy atom. The third-order valence-electron chi connectivity index (χ3n) is 0.534. The van der Waals surface area contributed by atoms with E-state index in [1.54, 1.807) is 6.20 Å². The molecule has 0 radical (unpaired) electrons. The van der Waals surface area contributed by atoms with Crippen LogP contribution in [-0.4, -0.2) is 6.54 Å². The zero-order chi connectivity index (χ0) is 9.70. The van der Waals surface area contributed by atoms with Gasteiger partial charge in [0.2, 0.25) is 0 Å². The first-order valence-electron chi connectivity index (χ1n) is 4.43. The highest BCUT2D eigenvalue weighted by molar-refractivity contribution is 4.88. The first-order valence-corrected chi connectivity index (χ1v) is 4.43. The largest absolute Gasteiger partial charge is 0.401 e. The van der Waals surface area contributed by atoms with Crippen LogP contribution in [0.3, 0.4) is 0 Å². The number of rotatable bonds is 2. The minimum absolute atomic E-state index is 0.821. The van der Waals surface area contributed by atoms with Crippen LogP contribution in [0.4, 0.5) is 0 Å². The zero-order valence-corrected chi connectivity index (χ0v) is 8.86. The molecule has 0 unspecified atom stereocenters. The maximum atomic E-state index is 5.28. The van der Waals surface area contributed by atoms with Crippen molar-refractivity contribution in [2.75, 3.05) is 6.54 Å². The molecule has 0 aromatic carbocycles. The molecule has 70 valence electrons. The second-order valence-electron chi connectivity index (χ2n) is 1.45. The van der Waals surface area contributed by atoms with Crippen molar-refractivity contribution in [3.05, 3.63) is 11.9 Å². The lowest BCUT2D eigenvalue weighted by atomic mass is 10.5. The molecule has 3 N–H and O–H groups in total. The number of nitrogens with one attached hydrogen (secondary N) is 1. The Morgan fingerprint density at radius 2 is 1.64 bits per heavy atom. The molecule has 0 aliphatic heterocycles. The van der Waals surface area contributed by atoms with Crippen LogP contribution in [0.2, 0.25) is 0 Å². The Hall–Kier alpha value is -0.660. The van der Waals surface area contributed by atoms with Crippen molar-refractivity contribution < 1.29 is 0 Å². The summed E-state index contributed by atoms with van der Waals surface area (Å²) >= 11 is 0. The maximum absolute atomic E-state index is 5.28. The van der Waals surface area contributed by atoms with Gasteiger partial charge >= 0.3 is 0 Å². The van der Waals surface area contributed by atoms with E-state index in [0.29, 0.717) is 0 Å². The van der Waals surface area contributed by atoms with Gasteiger partial charge in [-0.25, -0.2) is 0 Å². The minimum Gasteiger partial charge on any atom is -0.401 e. The quantitative estimate of drug-likeness (QED) is 0.651. The smallest absolute Gasteiger partial charge is 0.0208 e. The van der Waals surface area contributed by atoms with Gasteiger partial charge in [-0.1, -0.05) is 27.7 Å². The number of nitrogens with two attached hydrogens (primary N) is 1. The third-order valence-corrected chi connectivity index (χ3v) is 0.534. The summed E-state index contributed by atoms with van der Waals surface area (Å²) in [5, 5.41) is 2.96. The molecular formula is C9H24N2. The summed E-state index contributed by atoms with van der Waals surface area (Å²) in [6.07, 6.45) is 1.79. The van der Waals surface area contributed by atoms with Crippen molar-refractivity contribution in [1.82, 2.24) is 5.32 Å². The van der Waals surface area contributed by atoms with E-state index < -0.39 is 0 Å². The van der Waals surface area contributed by atoms with Gasteiger partial charge in [0, 0.05) is 18.4 Å². The van der Waals surface area contributed by atoms with Crippen LogP contribution in [0.15, 0.2) is 11.9 Å². The van der Waals surface area contributed by atoms with Crippen LogP contribution in [0, 0.1) is 0 Å². The number of hydrogen-bond acceptors (Lipinski definition) is 2. The molecule has 11 heavy (non-hydrogen) atoms. The van der Waals surface area contributed by atoms with Gasteiger partial charge in [0.1, 0.15) is 0 Å². The molecule has 0 spiro atoms. The van der Waals surface area contributed by atoms with E-state index in [4.69, 9.17) is 5.73 Å². The van der Waals surface area contributed by atoms with Crippen LogP contribution >= 0.6 is 0 Å². The average Bonchev–Trinajstić information content (AvgIpc) is 2.08. The van der Waals surface area contributed by atoms with Gasteiger partial charge in [0.25, 0.3) is 0 Å². The molecule has 2 heteroatoms. The first kappa shape index (κ1) is 16.7. The van der Waals surface area contributed by atoms with E-state index in [1.807, 2.05) is 41.5 Å². The highest BCUT2D eigenvalue weighted by atomic mass is 14.8. The molecule has 0 saturated carbocycles. The van der Waals surface area contributed by atoms with Gasteiger partial charge in [-0.2, -0.15) is 0 Å². The van der Waals surface area contributed by atoms with E-state index in [0.717, 1.165) is 12.2 Å². The Bertz CT molecular complexity index is 64.0. The molecule has 2 nitrogen and oxygen atoms in total. The van der Waals surface area contributed by atoms with Crippen molar-refractivity contribution >= 4 is 0 Å². The van der Waals surface area contributed by atoms with Crippen molar-refractivity contribution in [3.8, 4) is 0 Å². The summed E-state index contributed by atoms with van der Waals surface area (Å²) in [6, 6.07) is 0. The van der Waals surface area contributed by atoms with Gasteiger partial charge in [-0.05, 0) is 13.8 Å². The molecule has 0 amide bonds. The highest BCUT2D eigenvalue weighted by Crippen LogP contribution is 1.71. The lowest BCUT2D eigenvalue weighted by Crippen LogP contribution is -2.06. The summed E-state index contributed by atoms with van der Waals surface area (Å²) in [5.74, 6) is 0. The lowest BCUT2D eigenvalue weighted by Gasteiger charge is -1.91. The number of hydrogen-bond donors (Lipinski definition) is 2. The van der Waals surface area contributed by atoms with E-state index >= 15 is 0 Å². The molecule has 0 aliphatic carbocycles. The standard InChI is InChI=1S/C5H12N2.2C2H6/c1-3-7-4-5(2)6;2*1-2/h4,7H,3,6H2,1-2H3;2*1-2H3/b5-4-;;. The molecule has 0 aliphatic rings. The van der Waals surface area contributed by atoms with Gasteiger partial charge in [0.15, 0.2) is 0 Å². The molecule has 0 atom stereocenters. The normalized spacial score (nSPS) is 8.36. The summed E-state index contributed by atoms with van der Waals surface area (Å²) in [4.78, 5) is 0. The van der Waals surface area contributed by atoms with Crippen LogP contribution in [0.5, 0.6) is 0 Å². The monoisotopic (exact) mass is 160 g/mol. The predicted octanol–water partition coefficient (Wildman–Crippen LogP) is 2.47. The molecule has 0 bridgehead atoms. The van der Waals surface area contributed by atoms with Crippen molar-refractivity contribution in [2.24, 2.45) is 5.73 Å². The summed E-state index contributed by atoms with van der Waals surface area (Å²) in [6.45, 7) is 12.8. The fourth-order valence-corrected chi connectivity index (χ4v) is 0.263. The van der Waals surface area contributed by atoms with Gasteiger partial charge in [-0.3, -0.25) is 0 Å². The second kappa shape index (κ2) is 22.8. The fraction of sp³-hybridized carbons (Fsp3) is 0.778. The highest BCUT2D eigenvalue weighted by Gasteiger charge is 1.69. The molecule has 0 aromatic heterocycles. The lowest BCUT2D eigenvalue weighted by molar-refractivity contribution is 0.904. The molecule has 0 heterocycles. The van der Waals surface area contributed by atoms with Gasteiger partial charge in [-0.15, -0.1) is 0 Å². The SMILES string of the molecule is CC.CC.CCN/C=C(/C)N. The number of allylic oxidation sites excluding steroid dienone is 1. The molecule has 0 saturated heterocycles. The van der Waals surface area contributed by atoms with Crippen LogP contribution in [0.1, 0.15) is 41.5 Å². The molecular weight excluding hydrogens is 136 g/mol. The summed E-state index contributed by atoms with van der Waals surface area (Å²) in [7, 11) is 0. The Balaban J connectivity index is -0.000000138. The Kier molecular flexibility index (Phi) is 34.7. The van der Waals surface area contributed by atoms with E-state index in [-0.39, 0.29) is 0 Å². The summed E-state index contributed by atoms with van der Waals surface area (Å²) < 4.78 is 0. The van der Waals surface area contributed by atoms with Gasteiger partial charge < -0.3 is 11.1 Å². The third kappa shape index (κ3) is 45.1. The predicted molar refractivity (Wildman–Crippen MR) is 54.3 cm³/mol. The Morgan fingerprint density at radius 1 is 1.27 bits per heavy atom. The summed E-state index contributed by atoms with van der Waals surface area (Å²) in [5.41, 5.74) is 6.10. The average molecular weight is 160 g/mol. The van der Waals surface area contributed by atoms with Crippen LogP contribution < -0.4 is 11.1 Å². The molecule has 0 fully saturated rings. The van der Waals surface area contributed by atoms with Gasteiger partial charge in [0.05, 0.1) is 0 Å². The second-order valence-corrected chi connectivity index (χ2v) is 1.45. The Labute approximate surface area is 71.9 Å². The van der Waals surface area contributed by atoms with E-state index in [1.165, 1.54) is 0 Å². The van der Waals surface area contributed by atoms with Crippen LogP contribution in [-0.2, 0) is 0 Å². The van der Waals surface area contributed by atoms with E-state index in [9.17, 15) is 0 Å². The zero-order valence-electron chi connectivity index (χ0n) is 8.86. The minimum atomic E-state index is 0.821. The topological polar surface area (TPSA) is 38.0 Å². The fourth-order valence-electron chi connectivity index (χ4n) is 0.263. The molecule has 0 aromatic rings. The molecule has 0 rings (SSSR count). The van der Waals surface area contributed by atoms with Crippen molar-refractivity contribution in [3.63, 3.8) is 0 Å². The maximum Gasteiger partial charge on any atom is 0.0208 e. The first-order chi connectivity index (χ1) is 5.27. The van der Waals surface area contributed by atoms with Crippen molar-refractivity contribution in [2.45, 2.75) is 41.5 Å². The van der Waals surface area contributed by atoms with Crippen molar-refractivity contribution in [1.29, 1.82) is 0 Å². The van der Waals surface area contributed by atoms with E-state index in [2.05, 4.69) is 5.32 Å².